The predicted octanol–water partition coefficient (Wildman–Crippen LogP) is 1.79. The Labute approximate surface area is 74.5 Å². The summed E-state index contributed by atoms with van der Waals surface area (Å²) in [6.45, 7) is 1.91. The molecule has 0 aromatic heterocycles. The second-order valence-electron chi connectivity index (χ2n) is 3.17. The molecule has 1 heterocycles. The van der Waals surface area contributed by atoms with Crippen LogP contribution in [0.1, 0.15) is 12.5 Å². The van der Waals surface area contributed by atoms with Gasteiger partial charge in [0.1, 0.15) is 0 Å². The van der Waals surface area contributed by atoms with Crippen molar-refractivity contribution in [1.82, 2.24) is 5.48 Å². The molecular weight excluding hydrogens is 176 g/mol. The average Bonchev–Trinajstić information content (AvgIpc) is 2.12. The van der Waals surface area contributed by atoms with Crippen LogP contribution in [0.5, 0.6) is 5.75 Å². The number of nitrogens with one attached hydrogen (secondary N) is 1. The van der Waals surface area contributed by atoms with Crippen molar-refractivity contribution in [3.8, 4) is 5.75 Å². The smallest absolute Gasteiger partial charge is 0.203 e. The standard InChI is InChI=1S/C9H9F2NO/c1-5-4-6-2-3-7(10)8(11)9(6)13-12-5/h2-3,5,12H,4H2,1H3. The van der Waals surface area contributed by atoms with Crippen molar-refractivity contribution in [3.05, 3.63) is 29.3 Å². The minimum atomic E-state index is -0.920. The van der Waals surface area contributed by atoms with E-state index in [0.717, 1.165) is 6.07 Å². The first-order valence-electron chi connectivity index (χ1n) is 4.07. The van der Waals surface area contributed by atoms with E-state index >= 15 is 0 Å². The fourth-order valence-electron chi connectivity index (χ4n) is 1.37. The summed E-state index contributed by atoms with van der Waals surface area (Å²) >= 11 is 0. The normalized spacial score (nSPS) is 20.7. The number of hydrogen-bond acceptors (Lipinski definition) is 2. The lowest BCUT2D eigenvalue weighted by molar-refractivity contribution is 0.132. The minimum absolute atomic E-state index is 0.0156. The summed E-state index contributed by atoms with van der Waals surface area (Å²) < 4.78 is 25.8. The van der Waals surface area contributed by atoms with E-state index in [4.69, 9.17) is 4.84 Å². The summed E-state index contributed by atoms with van der Waals surface area (Å²) in [5.41, 5.74) is 3.30. The molecule has 1 aromatic rings. The lowest BCUT2D eigenvalue weighted by Gasteiger charge is -2.23. The number of rotatable bonds is 0. The molecular formula is C9H9F2NO. The van der Waals surface area contributed by atoms with Gasteiger partial charge in [-0.3, -0.25) is 0 Å². The van der Waals surface area contributed by atoms with Gasteiger partial charge >= 0.3 is 0 Å². The van der Waals surface area contributed by atoms with Crippen molar-refractivity contribution < 1.29 is 13.6 Å². The highest BCUT2D eigenvalue weighted by Crippen LogP contribution is 2.28. The molecule has 0 aliphatic carbocycles. The number of halogens is 2. The van der Waals surface area contributed by atoms with Crippen LogP contribution in [0, 0.1) is 11.6 Å². The van der Waals surface area contributed by atoms with Gasteiger partial charge in [-0.15, -0.1) is 0 Å². The summed E-state index contributed by atoms with van der Waals surface area (Å²) in [7, 11) is 0. The van der Waals surface area contributed by atoms with Gasteiger partial charge in [0.05, 0.1) is 0 Å². The molecule has 0 spiro atoms. The quantitative estimate of drug-likeness (QED) is 0.665. The van der Waals surface area contributed by atoms with Gasteiger partial charge in [-0.2, -0.15) is 9.87 Å². The van der Waals surface area contributed by atoms with E-state index in [9.17, 15) is 8.78 Å². The Kier molecular flexibility index (Phi) is 1.92. The van der Waals surface area contributed by atoms with E-state index in [1.807, 2.05) is 6.92 Å². The predicted molar refractivity (Wildman–Crippen MR) is 43.3 cm³/mol. The third kappa shape index (κ3) is 1.37. The lowest BCUT2D eigenvalue weighted by atomic mass is 10.1. The molecule has 1 aliphatic heterocycles. The maximum Gasteiger partial charge on any atom is 0.203 e. The van der Waals surface area contributed by atoms with Crippen LogP contribution in [-0.4, -0.2) is 6.04 Å². The minimum Gasteiger partial charge on any atom is -0.405 e. The average molecular weight is 185 g/mol. The Bertz CT molecular complexity index is 341. The molecule has 2 rings (SSSR count). The number of hydroxylamine groups is 1. The largest absolute Gasteiger partial charge is 0.405 e. The highest BCUT2D eigenvalue weighted by Gasteiger charge is 2.21. The number of fused-ring (bicyclic) bond motifs is 1. The van der Waals surface area contributed by atoms with Crippen molar-refractivity contribution in [2.75, 3.05) is 0 Å². The molecule has 1 unspecified atom stereocenters. The first kappa shape index (κ1) is 8.44. The zero-order chi connectivity index (χ0) is 9.42. The van der Waals surface area contributed by atoms with E-state index in [0.29, 0.717) is 12.0 Å². The van der Waals surface area contributed by atoms with E-state index < -0.39 is 11.6 Å². The summed E-state index contributed by atoms with van der Waals surface area (Å²) in [5.74, 6) is -1.81. The topological polar surface area (TPSA) is 21.3 Å². The molecule has 1 aliphatic rings. The summed E-state index contributed by atoms with van der Waals surface area (Å²) in [4.78, 5) is 4.88. The second kappa shape index (κ2) is 2.96. The van der Waals surface area contributed by atoms with Crippen LogP contribution >= 0.6 is 0 Å². The molecule has 0 radical (unpaired) electrons. The number of benzene rings is 1. The Morgan fingerprint density at radius 3 is 3.00 bits per heavy atom. The Morgan fingerprint density at radius 1 is 1.46 bits per heavy atom. The highest BCUT2D eigenvalue weighted by atomic mass is 19.2. The molecule has 0 amide bonds. The molecule has 1 atom stereocenters. The molecule has 0 fully saturated rings. The van der Waals surface area contributed by atoms with Gasteiger partial charge in [0.2, 0.25) is 5.82 Å². The van der Waals surface area contributed by atoms with Crippen LogP contribution in [0.15, 0.2) is 12.1 Å². The first-order valence-corrected chi connectivity index (χ1v) is 4.07. The van der Waals surface area contributed by atoms with E-state index in [2.05, 4.69) is 5.48 Å². The Hall–Kier alpha value is -1.16. The molecule has 1 N–H and O–H groups in total. The Balaban J connectivity index is 2.47. The fourth-order valence-corrected chi connectivity index (χ4v) is 1.37. The first-order chi connectivity index (χ1) is 6.18. The third-order valence-electron chi connectivity index (χ3n) is 2.02. The van der Waals surface area contributed by atoms with Crippen molar-refractivity contribution in [2.45, 2.75) is 19.4 Å². The van der Waals surface area contributed by atoms with Gasteiger partial charge in [-0.1, -0.05) is 6.07 Å². The molecule has 4 heteroatoms. The molecule has 0 saturated heterocycles. The van der Waals surface area contributed by atoms with Gasteiger partial charge in [0, 0.05) is 11.6 Å². The second-order valence-corrected chi connectivity index (χ2v) is 3.17. The zero-order valence-corrected chi connectivity index (χ0v) is 7.10. The molecule has 2 nitrogen and oxygen atoms in total. The van der Waals surface area contributed by atoms with E-state index in [-0.39, 0.29) is 11.8 Å². The van der Waals surface area contributed by atoms with Gasteiger partial charge in [0.15, 0.2) is 11.6 Å². The molecule has 0 bridgehead atoms. The van der Waals surface area contributed by atoms with Gasteiger partial charge in [-0.05, 0) is 19.4 Å². The molecule has 1 aromatic carbocycles. The zero-order valence-electron chi connectivity index (χ0n) is 7.10. The van der Waals surface area contributed by atoms with Crippen LogP contribution in [0.25, 0.3) is 0 Å². The molecule has 13 heavy (non-hydrogen) atoms. The maximum atomic E-state index is 13.1. The molecule has 70 valence electrons. The van der Waals surface area contributed by atoms with Gasteiger partial charge < -0.3 is 4.84 Å². The van der Waals surface area contributed by atoms with Crippen molar-refractivity contribution in [3.63, 3.8) is 0 Å². The van der Waals surface area contributed by atoms with Crippen LogP contribution in [0.3, 0.4) is 0 Å². The highest BCUT2D eigenvalue weighted by molar-refractivity contribution is 5.37. The van der Waals surface area contributed by atoms with Crippen molar-refractivity contribution >= 4 is 0 Å². The summed E-state index contributed by atoms with van der Waals surface area (Å²) in [6.07, 6.45) is 0.645. The van der Waals surface area contributed by atoms with E-state index in [1.54, 1.807) is 6.07 Å². The van der Waals surface area contributed by atoms with E-state index in [1.165, 1.54) is 0 Å². The van der Waals surface area contributed by atoms with Crippen LogP contribution in [-0.2, 0) is 6.42 Å². The van der Waals surface area contributed by atoms with Crippen LogP contribution < -0.4 is 10.3 Å². The summed E-state index contributed by atoms with van der Waals surface area (Å²) in [5, 5.41) is 0. The van der Waals surface area contributed by atoms with Crippen LogP contribution in [0.2, 0.25) is 0 Å². The van der Waals surface area contributed by atoms with Crippen LogP contribution in [0.4, 0.5) is 8.78 Å². The SMILES string of the molecule is CC1Cc2ccc(F)c(F)c2ON1. The third-order valence-corrected chi connectivity index (χ3v) is 2.02. The Morgan fingerprint density at radius 2 is 2.23 bits per heavy atom. The van der Waals surface area contributed by atoms with Gasteiger partial charge in [-0.25, -0.2) is 4.39 Å². The fraction of sp³-hybridized carbons (Fsp3) is 0.333. The van der Waals surface area contributed by atoms with Gasteiger partial charge in [0.25, 0.3) is 0 Å². The lowest BCUT2D eigenvalue weighted by Crippen LogP contribution is -2.36. The maximum absolute atomic E-state index is 13.1. The number of hydrogen-bond donors (Lipinski definition) is 1. The van der Waals surface area contributed by atoms with Crippen molar-refractivity contribution in [1.29, 1.82) is 0 Å². The summed E-state index contributed by atoms with van der Waals surface area (Å²) in [6, 6.07) is 2.79. The monoisotopic (exact) mass is 185 g/mol. The van der Waals surface area contributed by atoms with Crippen molar-refractivity contribution in [2.24, 2.45) is 0 Å². The molecule has 0 saturated carbocycles.